The Hall–Kier alpha value is -2.93. The summed E-state index contributed by atoms with van der Waals surface area (Å²) in [7, 11) is 0. The largest absolute Gasteiger partial charge is 0.477 e. The van der Waals surface area contributed by atoms with Crippen molar-refractivity contribution in [3.05, 3.63) is 58.4 Å². The number of aromatic nitrogens is 1. The molecule has 0 spiro atoms. The minimum Gasteiger partial charge on any atom is -0.477 e. The SMILES string of the molecule is O=C(O)c1cccc(C(=O)Nc2ccc(C(=O)N3CCCCC3)c(Cl)c2)n1. The van der Waals surface area contributed by atoms with Crippen LogP contribution in [0.1, 0.15) is 50.6 Å². The van der Waals surface area contributed by atoms with Gasteiger partial charge in [-0.2, -0.15) is 0 Å². The molecule has 0 bridgehead atoms. The van der Waals surface area contributed by atoms with Crippen LogP contribution in [0.15, 0.2) is 36.4 Å². The molecule has 1 aliphatic rings. The Kier molecular flexibility index (Phi) is 5.71. The van der Waals surface area contributed by atoms with Gasteiger partial charge in [0.05, 0.1) is 10.6 Å². The zero-order valence-electron chi connectivity index (χ0n) is 14.4. The van der Waals surface area contributed by atoms with Gasteiger partial charge in [-0.25, -0.2) is 9.78 Å². The van der Waals surface area contributed by atoms with Gasteiger partial charge < -0.3 is 15.3 Å². The summed E-state index contributed by atoms with van der Waals surface area (Å²) in [6.07, 6.45) is 3.10. The molecule has 1 saturated heterocycles. The van der Waals surface area contributed by atoms with Crippen molar-refractivity contribution in [3.8, 4) is 0 Å². The predicted molar refractivity (Wildman–Crippen MR) is 100 cm³/mol. The van der Waals surface area contributed by atoms with Crippen LogP contribution in [0.25, 0.3) is 0 Å². The Morgan fingerprint density at radius 3 is 2.41 bits per heavy atom. The first-order chi connectivity index (χ1) is 13.0. The van der Waals surface area contributed by atoms with Crippen molar-refractivity contribution in [3.63, 3.8) is 0 Å². The average molecular weight is 388 g/mol. The number of hydrogen-bond donors (Lipinski definition) is 2. The fraction of sp³-hybridized carbons (Fsp3) is 0.263. The van der Waals surface area contributed by atoms with Crippen LogP contribution in [0.5, 0.6) is 0 Å². The molecular formula is C19H18ClN3O4. The van der Waals surface area contributed by atoms with Crippen molar-refractivity contribution in [1.29, 1.82) is 0 Å². The summed E-state index contributed by atoms with van der Waals surface area (Å²) in [5, 5.41) is 11.8. The second-order valence-electron chi connectivity index (χ2n) is 6.21. The van der Waals surface area contributed by atoms with E-state index < -0.39 is 11.9 Å². The summed E-state index contributed by atoms with van der Waals surface area (Å²) in [4.78, 5) is 41.4. The molecule has 8 heteroatoms. The Labute approximate surface area is 161 Å². The van der Waals surface area contributed by atoms with Gasteiger partial charge in [0.25, 0.3) is 11.8 Å². The van der Waals surface area contributed by atoms with E-state index in [2.05, 4.69) is 10.3 Å². The zero-order valence-corrected chi connectivity index (χ0v) is 15.2. The number of hydrogen-bond acceptors (Lipinski definition) is 4. The normalized spacial score (nSPS) is 13.9. The first-order valence-electron chi connectivity index (χ1n) is 8.56. The summed E-state index contributed by atoms with van der Waals surface area (Å²) >= 11 is 6.25. The van der Waals surface area contributed by atoms with Crippen LogP contribution < -0.4 is 5.32 Å². The fourth-order valence-electron chi connectivity index (χ4n) is 2.91. The van der Waals surface area contributed by atoms with E-state index in [1.165, 1.54) is 24.3 Å². The third-order valence-corrected chi connectivity index (χ3v) is 4.61. The lowest BCUT2D eigenvalue weighted by Crippen LogP contribution is -2.35. The first kappa shape index (κ1) is 18.8. The van der Waals surface area contributed by atoms with Gasteiger partial charge in [-0.1, -0.05) is 17.7 Å². The molecule has 2 heterocycles. The van der Waals surface area contributed by atoms with E-state index in [0.717, 1.165) is 32.4 Å². The number of carbonyl (C=O) groups is 3. The van der Waals surface area contributed by atoms with E-state index in [1.54, 1.807) is 17.0 Å². The number of carboxylic acid groups (broad SMARTS) is 1. The van der Waals surface area contributed by atoms with Crippen molar-refractivity contribution in [2.45, 2.75) is 19.3 Å². The molecule has 1 aliphatic heterocycles. The van der Waals surface area contributed by atoms with Gasteiger partial charge in [0.2, 0.25) is 0 Å². The maximum Gasteiger partial charge on any atom is 0.354 e. The second-order valence-corrected chi connectivity index (χ2v) is 6.62. The molecular weight excluding hydrogens is 370 g/mol. The van der Waals surface area contributed by atoms with Crippen LogP contribution >= 0.6 is 11.6 Å². The Bertz CT molecular complexity index is 894. The molecule has 0 unspecified atom stereocenters. The molecule has 140 valence electrons. The number of rotatable bonds is 4. The van der Waals surface area contributed by atoms with E-state index in [9.17, 15) is 14.4 Å². The number of piperidine rings is 1. The molecule has 2 aromatic rings. The van der Waals surface area contributed by atoms with Crippen molar-refractivity contribution >= 4 is 35.1 Å². The van der Waals surface area contributed by atoms with Crippen LogP contribution in [-0.4, -0.2) is 45.9 Å². The number of pyridine rings is 1. The summed E-state index contributed by atoms with van der Waals surface area (Å²) in [5.74, 6) is -1.90. The second kappa shape index (κ2) is 8.18. The number of benzene rings is 1. The highest BCUT2D eigenvalue weighted by Crippen LogP contribution is 2.24. The number of likely N-dealkylation sites (tertiary alicyclic amines) is 1. The number of amides is 2. The van der Waals surface area contributed by atoms with Gasteiger partial charge in [0, 0.05) is 18.8 Å². The first-order valence-corrected chi connectivity index (χ1v) is 8.94. The lowest BCUT2D eigenvalue weighted by atomic mass is 10.1. The standard InChI is InChI=1S/C19H18ClN3O4/c20-14-11-12(7-8-13(14)18(25)23-9-2-1-3-10-23)21-17(24)15-5-4-6-16(22-15)19(26)27/h4-8,11H,1-3,9-10H2,(H,21,24)(H,26,27). The molecule has 7 nitrogen and oxygen atoms in total. The highest BCUT2D eigenvalue weighted by molar-refractivity contribution is 6.34. The molecule has 0 saturated carbocycles. The van der Waals surface area contributed by atoms with Gasteiger partial charge in [0.1, 0.15) is 11.4 Å². The molecule has 2 amide bonds. The molecule has 3 rings (SSSR count). The molecule has 0 aliphatic carbocycles. The minimum absolute atomic E-state index is 0.0282. The Morgan fingerprint density at radius 1 is 1.04 bits per heavy atom. The molecule has 1 fully saturated rings. The van der Waals surface area contributed by atoms with Crippen LogP contribution in [-0.2, 0) is 0 Å². The summed E-state index contributed by atoms with van der Waals surface area (Å²) in [6, 6.07) is 8.82. The van der Waals surface area contributed by atoms with E-state index in [1.807, 2.05) is 0 Å². The van der Waals surface area contributed by atoms with Gasteiger partial charge in [0.15, 0.2) is 0 Å². The average Bonchev–Trinajstić information content (AvgIpc) is 2.68. The van der Waals surface area contributed by atoms with E-state index >= 15 is 0 Å². The smallest absolute Gasteiger partial charge is 0.354 e. The lowest BCUT2D eigenvalue weighted by molar-refractivity contribution is 0.0688. The van der Waals surface area contributed by atoms with Crippen LogP contribution in [0, 0.1) is 0 Å². The van der Waals surface area contributed by atoms with Crippen molar-refractivity contribution in [2.24, 2.45) is 0 Å². The number of halogens is 1. The molecule has 0 radical (unpaired) electrons. The van der Waals surface area contributed by atoms with Gasteiger partial charge in [-0.15, -0.1) is 0 Å². The minimum atomic E-state index is -1.21. The van der Waals surface area contributed by atoms with Crippen molar-refractivity contribution in [2.75, 3.05) is 18.4 Å². The predicted octanol–water partition coefficient (Wildman–Crippen LogP) is 3.31. The molecule has 1 aromatic heterocycles. The third-order valence-electron chi connectivity index (χ3n) is 4.30. The molecule has 27 heavy (non-hydrogen) atoms. The third kappa shape index (κ3) is 4.43. The molecule has 2 N–H and O–H groups in total. The Morgan fingerprint density at radius 2 is 1.74 bits per heavy atom. The number of nitrogens with zero attached hydrogens (tertiary/aromatic N) is 2. The number of aromatic carboxylic acids is 1. The zero-order chi connectivity index (χ0) is 19.4. The number of carbonyl (C=O) groups excluding carboxylic acids is 2. The van der Waals surface area contributed by atoms with Crippen molar-refractivity contribution in [1.82, 2.24) is 9.88 Å². The highest BCUT2D eigenvalue weighted by atomic mass is 35.5. The Balaban J connectivity index is 1.73. The lowest BCUT2D eigenvalue weighted by Gasteiger charge is -2.27. The van der Waals surface area contributed by atoms with Gasteiger partial charge in [-0.05, 0) is 49.6 Å². The summed E-state index contributed by atoms with van der Waals surface area (Å²) in [6.45, 7) is 1.44. The maximum atomic E-state index is 12.6. The summed E-state index contributed by atoms with van der Waals surface area (Å²) < 4.78 is 0. The maximum absolute atomic E-state index is 12.6. The quantitative estimate of drug-likeness (QED) is 0.838. The molecule has 0 atom stereocenters. The van der Waals surface area contributed by atoms with Crippen LogP contribution in [0.4, 0.5) is 5.69 Å². The van der Waals surface area contributed by atoms with Crippen LogP contribution in [0.2, 0.25) is 5.02 Å². The monoisotopic (exact) mass is 387 g/mol. The number of carboxylic acids is 1. The fourth-order valence-corrected chi connectivity index (χ4v) is 3.17. The highest BCUT2D eigenvalue weighted by Gasteiger charge is 2.21. The number of nitrogens with one attached hydrogen (secondary N) is 1. The van der Waals surface area contributed by atoms with Crippen LogP contribution in [0.3, 0.4) is 0 Å². The van der Waals surface area contributed by atoms with E-state index in [0.29, 0.717) is 11.3 Å². The van der Waals surface area contributed by atoms with Crippen molar-refractivity contribution < 1.29 is 19.5 Å². The molecule has 1 aromatic carbocycles. The topological polar surface area (TPSA) is 99.6 Å². The summed E-state index contributed by atoms with van der Waals surface area (Å²) in [5.41, 5.74) is 0.535. The number of anilines is 1. The van der Waals surface area contributed by atoms with E-state index in [4.69, 9.17) is 16.7 Å². The van der Waals surface area contributed by atoms with Gasteiger partial charge >= 0.3 is 5.97 Å². The van der Waals surface area contributed by atoms with Gasteiger partial charge in [-0.3, -0.25) is 9.59 Å². The van der Waals surface area contributed by atoms with E-state index in [-0.39, 0.29) is 22.3 Å².